The normalized spacial score (nSPS) is 13.4. The maximum atomic E-state index is 10.8. The summed E-state index contributed by atoms with van der Waals surface area (Å²) in [4.78, 5) is 21.3. The van der Waals surface area contributed by atoms with Gasteiger partial charge in [0.15, 0.2) is 0 Å². The van der Waals surface area contributed by atoms with Gasteiger partial charge in [-0.3, -0.25) is 0 Å². The van der Waals surface area contributed by atoms with Crippen LogP contribution < -0.4 is 10.6 Å². The van der Waals surface area contributed by atoms with Crippen molar-refractivity contribution >= 4 is 23.2 Å². The van der Waals surface area contributed by atoms with Gasteiger partial charge >= 0.3 is 6.09 Å². The Hall–Kier alpha value is -2.40. The lowest BCUT2D eigenvalue weighted by atomic mass is 9.99. The molecule has 5 heteroatoms. The monoisotopic (exact) mass is 314 g/mol. The SMILES string of the molecule is C[C@H](NCCCC(C=O)NC(=O)O)c1cccc2ccccc12. The Balaban J connectivity index is 1.88. The molecule has 3 N–H and O–H groups in total. The van der Waals surface area contributed by atoms with E-state index in [1.54, 1.807) is 0 Å². The average Bonchev–Trinajstić information content (AvgIpc) is 2.56. The maximum Gasteiger partial charge on any atom is 0.405 e. The van der Waals surface area contributed by atoms with Gasteiger partial charge < -0.3 is 20.5 Å². The maximum absolute atomic E-state index is 10.8. The van der Waals surface area contributed by atoms with Gasteiger partial charge in [-0.2, -0.15) is 0 Å². The number of aldehydes is 1. The molecule has 1 unspecified atom stereocenters. The Labute approximate surface area is 135 Å². The third kappa shape index (κ3) is 4.79. The van der Waals surface area contributed by atoms with Crippen molar-refractivity contribution in [2.24, 2.45) is 0 Å². The smallest absolute Gasteiger partial charge is 0.405 e. The zero-order valence-electron chi connectivity index (χ0n) is 13.2. The number of nitrogens with one attached hydrogen (secondary N) is 2. The first-order valence-corrected chi connectivity index (χ1v) is 7.77. The first-order chi connectivity index (χ1) is 11.1. The largest absolute Gasteiger partial charge is 0.465 e. The standard InChI is InChI=1S/C18H22N2O3/c1-13(19-11-5-8-15(12-21)20-18(22)23)16-10-4-7-14-6-2-3-9-17(14)16/h2-4,6-7,9-10,12-13,15,19-20H,5,8,11H2,1H3,(H,22,23)/t13-,15?/m0/s1. The van der Waals surface area contributed by atoms with E-state index in [2.05, 4.69) is 47.9 Å². The highest BCUT2D eigenvalue weighted by Gasteiger charge is 2.11. The van der Waals surface area contributed by atoms with E-state index in [1.807, 2.05) is 12.1 Å². The summed E-state index contributed by atoms with van der Waals surface area (Å²) in [5.74, 6) is 0. The van der Waals surface area contributed by atoms with Crippen LogP contribution in [0.5, 0.6) is 0 Å². The van der Waals surface area contributed by atoms with Crippen LogP contribution in [0.2, 0.25) is 0 Å². The molecule has 0 aliphatic heterocycles. The predicted molar refractivity (Wildman–Crippen MR) is 90.6 cm³/mol. The Kier molecular flexibility index (Phi) is 6.11. The Morgan fingerprint density at radius 3 is 2.70 bits per heavy atom. The van der Waals surface area contributed by atoms with Crippen LogP contribution >= 0.6 is 0 Å². The van der Waals surface area contributed by atoms with Crippen LogP contribution in [-0.2, 0) is 4.79 Å². The third-order valence-corrected chi connectivity index (χ3v) is 3.91. The minimum atomic E-state index is -1.17. The summed E-state index contributed by atoms with van der Waals surface area (Å²) in [5.41, 5.74) is 1.23. The summed E-state index contributed by atoms with van der Waals surface area (Å²) in [5, 5.41) is 16.7. The molecule has 0 radical (unpaired) electrons. The van der Waals surface area contributed by atoms with Crippen molar-refractivity contribution in [3.05, 3.63) is 48.0 Å². The van der Waals surface area contributed by atoms with E-state index in [4.69, 9.17) is 5.11 Å². The molecule has 0 heterocycles. The fourth-order valence-electron chi connectivity index (χ4n) is 2.71. The predicted octanol–water partition coefficient (Wildman–Crippen LogP) is 3.11. The molecule has 0 saturated carbocycles. The van der Waals surface area contributed by atoms with E-state index >= 15 is 0 Å². The van der Waals surface area contributed by atoms with Crippen molar-refractivity contribution in [1.29, 1.82) is 0 Å². The molecule has 0 saturated heterocycles. The van der Waals surface area contributed by atoms with Gasteiger partial charge in [-0.05, 0) is 42.6 Å². The van der Waals surface area contributed by atoms with Crippen LogP contribution in [-0.4, -0.2) is 30.1 Å². The lowest BCUT2D eigenvalue weighted by molar-refractivity contribution is -0.109. The zero-order valence-corrected chi connectivity index (χ0v) is 13.2. The van der Waals surface area contributed by atoms with Gasteiger partial charge in [-0.25, -0.2) is 4.79 Å². The minimum absolute atomic E-state index is 0.184. The number of carbonyl (C=O) groups excluding carboxylic acids is 1. The molecule has 2 atom stereocenters. The van der Waals surface area contributed by atoms with Crippen LogP contribution in [0, 0.1) is 0 Å². The number of amides is 1. The highest BCUT2D eigenvalue weighted by atomic mass is 16.4. The molecule has 0 spiro atoms. The second-order valence-corrected chi connectivity index (χ2v) is 5.58. The molecular formula is C18H22N2O3. The number of benzene rings is 2. The molecule has 2 aromatic rings. The third-order valence-electron chi connectivity index (χ3n) is 3.91. The summed E-state index contributed by atoms with van der Waals surface area (Å²) in [6, 6.07) is 14.1. The molecule has 122 valence electrons. The summed E-state index contributed by atoms with van der Waals surface area (Å²) < 4.78 is 0. The molecule has 2 aromatic carbocycles. The number of carboxylic acid groups (broad SMARTS) is 1. The van der Waals surface area contributed by atoms with Gasteiger partial charge in [-0.15, -0.1) is 0 Å². The van der Waals surface area contributed by atoms with E-state index in [0.717, 1.165) is 13.0 Å². The number of hydrogen-bond donors (Lipinski definition) is 3. The summed E-state index contributed by atoms with van der Waals surface area (Å²) in [6.45, 7) is 2.82. The van der Waals surface area contributed by atoms with Crippen LogP contribution in [0.4, 0.5) is 4.79 Å². The molecule has 0 aliphatic rings. The Bertz CT molecular complexity index is 667. The molecule has 0 aliphatic carbocycles. The van der Waals surface area contributed by atoms with E-state index in [1.165, 1.54) is 16.3 Å². The van der Waals surface area contributed by atoms with Gasteiger partial charge in [0.25, 0.3) is 0 Å². The molecule has 23 heavy (non-hydrogen) atoms. The number of hydrogen-bond acceptors (Lipinski definition) is 3. The van der Waals surface area contributed by atoms with Gasteiger partial charge in [0, 0.05) is 6.04 Å². The van der Waals surface area contributed by atoms with Crippen molar-refractivity contribution in [1.82, 2.24) is 10.6 Å². The fraction of sp³-hybridized carbons (Fsp3) is 0.333. The molecule has 1 amide bonds. The molecule has 5 nitrogen and oxygen atoms in total. The molecule has 0 aromatic heterocycles. The lowest BCUT2D eigenvalue weighted by Crippen LogP contribution is -2.35. The van der Waals surface area contributed by atoms with E-state index in [-0.39, 0.29) is 6.04 Å². The fourth-order valence-corrected chi connectivity index (χ4v) is 2.71. The molecule has 0 bridgehead atoms. The van der Waals surface area contributed by atoms with E-state index in [0.29, 0.717) is 12.7 Å². The summed E-state index contributed by atoms with van der Waals surface area (Å²) >= 11 is 0. The number of rotatable bonds is 8. The highest BCUT2D eigenvalue weighted by molar-refractivity contribution is 5.86. The minimum Gasteiger partial charge on any atom is -0.465 e. The first-order valence-electron chi connectivity index (χ1n) is 7.77. The number of carbonyl (C=O) groups is 2. The topological polar surface area (TPSA) is 78.4 Å². The second-order valence-electron chi connectivity index (χ2n) is 5.58. The van der Waals surface area contributed by atoms with Crippen LogP contribution in [0.3, 0.4) is 0 Å². The van der Waals surface area contributed by atoms with Crippen molar-refractivity contribution in [3.63, 3.8) is 0 Å². The first kappa shape index (κ1) is 17.0. The Morgan fingerprint density at radius 1 is 1.22 bits per heavy atom. The second kappa shape index (κ2) is 8.29. The van der Waals surface area contributed by atoms with Crippen molar-refractivity contribution in [2.75, 3.05) is 6.54 Å². The summed E-state index contributed by atoms with van der Waals surface area (Å²) in [6.07, 6.45) is 0.686. The van der Waals surface area contributed by atoms with Crippen LogP contribution in [0.25, 0.3) is 10.8 Å². The van der Waals surface area contributed by atoms with Gasteiger partial charge in [0.1, 0.15) is 6.29 Å². The van der Waals surface area contributed by atoms with Gasteiger partial charge in [-0.1, -0.05) is 42.5 Å². The summed E-state index contributed by atoms with van der Waals surface area (Å²) in [7, 11) is 0. The zero-order chi connectivity index (χ0) is 16.7. The lowest BCUT2D eigenvalue weighted by Gasteiger charge is -2.17. The average molecular weight is 314 g/mol. The number of fused-ring (bicyclic) bond motifs is 1. The van der Waals surface area contributed by atoms with Crippen molar-refractivity contribution in [2.45, 2.75) is 31.8 Å². The quantitative estimate of drug-likeness (QED) is 0.517. The van der Waals surface area contributed by atoms with Gasteiger partial charge in [0.2, 0.25) is 0 Å². The molecular weight excluding hydrogens is 292 g/mol. The van der Waals surface area contributed by atoms with Crippen LogP contribution in [0.1, 0.15) is 31.4 Å². The van der Waals surface area contributed by atoms with Crippen molar-refractivity contribution in [3.8, 4) is 0 Å². The van der Waals surface area contributed by atoms with Crippen molar-refractivity contribution < 1.29 is 14.7 Å². The highest BCUT2D eigenvalue weighted by Crippen LogP contribution is 2.23. The van der Waals surface area contributed by atoms with E-state index in [9.17, 15) is 9.59 Å². The molecule has 2 rings (SSSR count). The molecule has 0 fully saturated rings. The van der Waals surface area contributed by atoms with Crippen LogP contribution in [0.15, 0.2) is 42.5 Å². The van der Waals surface area contributed by atoms with E-state index < -0.39 is 12.1 Å². The van der Waals surface area contributed by atoms with Gasteiger partial charge in [0.05, 0.1) is 6.04 Å². The Morgan fingerprint density at radius 2 is 1.96 bits per heavy atom.